The maximum absolute atomic E-state index is 8.87. The summed E-state index contributed by atoms with van der Waals surface area (Å²) in [6.45, 7) is 2.01. The highest BCUT2D eigenvalue weighted by molar-refractivity contribution is 6.29. The lowest BCUT2D eigenvalue weighted by Gasteiger charge is -2.15. The van der Waals surface area contributed by atoms with Gasteiger partial charge in [0.2, 0.25) is 0 Å². The molecule has 18 heavy (non-hydrogen) atoms. The summed E-state index contributed by atoms with van der Waals surface area (Å²) in [5.74, 6) is 0.720. The van der Waals surface area contributed by atoms with Crippen molar-refractivity contribution in [3.63, 3.8) is 0 Å². The highest BCUT2D eigenvalue weighted by Gasteiger charge is 2.06. The fourth-order valence-corrected chi connectivity index (χ4v) is 1.84. The van der Waals surface area contributed by atoms with Crippen LogP contribution in [0.4, 0.5) is 5.82 Å². The van der Waals surface area contributed by atoms with Gasteiger partial charge in [-0.15, -0.1) is 0 Å². The molecule has 0 spiro atoms. The van der Waals surface area contributed by atoms with E-state index in [1.807, 2.05) is 37.3 Å². The lowest BCUT2D eigenvalue weighted by atomic mass is 10.1. The molecule has 0 amide bonds. The Labute approximate surface area is 111 Å². The standard InChI is InChI=1S/C14H12ClN3/c1-10(12-5-2-4-11(8-12)9-16)17-14-7-3-6-13(15)18-14/h2-8,10H,1H3,(H,17,18). The Hall–Kier alpha value is -2.05. The fourth-order valence-electron chi connectivity index (χ4n) is 1.67. The number of rotatable bonds is 3. The number of pyridine rings is 1. The van der Waals surface area contributed by atoms with Gasteiger partial charge in [-0.2, -0.15) is 5.26 Å². The number of halogens is 1. The molecule has 1 aromatic heterocycles. The Bertz CT molecular complexity index is 590. The molecule has 1 aromatic carbocycles. The van der Waals surface area contributed by atoms with Crippen molar-refractivity contribution in [2.24, 2.45) is 0 Å². The molecule has 0 saturated carbocycles. The van der Waals surface area contributed by atoms with Gasteiger partial charge >= 0.3 is 0 Å². The first kappa shape index (κ1) is 12.4. The van der Waals surface area contributed by atoms with E-state index in [4.69, 9.17) is 16.9 Å². The van der Waals surface area contributed by atoms with Gasteiger partial charge in [-0.3, -0.25) is 0 Å². The molecule has 0 aliphatic heterocycles. The minimum Gasteiger partial charge on any atom is -0.364 e. The Balaban J connectivity index is 2.17. The minimum absolute atomic E-state index is 0.0595. The van der Waals surface area contributed by atoms with E-state index >= 15 is 0 Å². The van der Waals surface area contributed by atoms with Crippen LogP contribution in [-0.2, 0) is 0 Å². The van der Waals surface area contributed by atoms with Gasteiger partial charge in [-0.25, -0.2) is 4.98 Å². The lowest BCUT2D eigenvalue weighted by Crippen LogP contribution is -2.07. The number of nitrogens with one attached hydrogen (secondary N) is 1. The zero-order valence-corrected chi connectivity index (χ0v) is 10.6. The summed E-state index contributed by atoms with van der Waals surface area (Å²) < 4.78 is 0. The number of anilines is 1. The summed E-state index contributed by atoms with van der Waals surface area (Å²) in [7, 11) is 0. The predicted octanol–water partition coefficient (Wildman–Crippen LogP) is 3.78. The lowest BCUT2D eigenvalue weighted by molar-refractivity contribution is 0.874. The van der Waals surface area contributed by atoms with Gasteiger partial charge < -0.3 is 5.32 Å². The van der Waals surface area contributed by atoms with E-state index in [1.54, 1.807) is 12.1 Å². The summed E-state index contributed by atoms with van der Waals surface area (Å²) in [5, 5.41) is 12.6. The second-order valence-electron chi connectivity index (χ2n) is 3.95. The Morgan fingerprint density at radius 2 is 2.06 bits per heavy atom. The molecule has 0 radical (unpaired) electrons. The van der Waals surface area contributed by atoms with Gasteiger partial charge in [0, 0.05) is 6.04 Å². The summed E-state index contributed by atoms with van der Waals surface area (Å²) in [4.78, 5) is 4.17. The first-order valence-corrected chi connectivity index (χ1v) is 5.96. The molecular formula is C14H12ClN3. The van der Waals surface area contributed by atoms with Crippen molar-refractivity contribution in [1.82, 2.24) is 4.98 Å². The maximum Gasteiger partial charge on any atom is 0.131 e. The third kappa shape index (κ3) is 2.99. The van der Waals surface area contributed by atoms with E-state index in [1.165, 1.54) is 0 Å². The molecule has 1 N–H and O–H groups in total. The number of benzene rings is 1. The van der Waals surface area contributed by atoms with E-state index < -0.39 is 0 Å². The monoisotopic (exact) mass is 257 g/mol. The van der Waals surface area contributed by atoms with Crippen LogP contribution in [0, 0.1) is 11.3 Å². The number of nitriles is 1. The van der Waals surface area contributed by atoms with Crippen molar-refractivity contribution < 1.29 is 0 Å². The topological polar surface area (TPSA) is 48.7 Å². The molecule has 0 saturated heterocycles. The Kier molecular flexibility index (Phi) is 3.81. The Morgan fingerprint density at radius 3 is 2.78 bits per heavy atom. The Morgan fingerprint density at radius 1 is 1.28 bits per heavy atom. The van der Waals surface area contributed by atoms with Crippen molar-refractivity contribution in [3.05, 3.63) is 58.7 Å². The zero-order chi connectivity index (χ0) is 13.0. The molecule has 0 fully saturated rings. The summed E-state index contributed by atoms with van der Waals surface area (Å²) in [6, 6.07) is 15.1. The van der Waals surface area contributed by atoms with Crippen molar-refractivity contribution in [3.8, 4) is 6.07 Å². The van der Waals surface area contributed by atoms with Crippen molar-refractivity contribution in [2.75, 3.05) is 5.32 Å². The largest absolute Gasteiger partial charge is 0.364 e. The van der Waals surface area contributed by atoms with Crippen LogP contribution < -0.4 is 5.32 Å². The second-order valence-corrected chi connectivity index (χ2v) is 4.34. The first-order valence-electron chi connectivity index (χ1n) is 5.58. The SMILES string of the molecule is CC(Nc1cccc(Cl)n1)c1cccc(C#N)c1. The van der Waals surface area contributed by atoms with Crippen LogP contribution in [0.15, 0.2) is 42.5 Å². The molecule has 2 aromatic rings. The van der Waals surface area contributed by atoms with Crippen LogP contribution in [0.1, 0.15) is 24.1 Å². The highest BCUT2D eigenvalue weighted by Crippen LogP contribution is 2.19. The van der Waals surface area contributed by atoms with Crippen molar-refractivity contribution >= 4 is 17.4 Å². The van der Waals surface area contributed by atoms with E-state index in [-0.39, 0.29) is 6.04 Å². The minimum atomic E-state index is 0.0595. The van der Waals surface area contributed by atoms with Gasteiger partial charge in [0.1, 0.15) is 11.0 Å². The average molecular weight is 258 g/mol. The predicted molar refractivity (Wildman–Crippen MR) is 72.4 cm³/mol. The number of nitrogens with zero attached hydrogens (tertiary/aromatic N) is 2. The molecule has 1 atom stereocenters. The van der Waals surface area contributed by atoms with Crippen LogP contribution in [0.3, 0.4) is 0 Å². The van der Waals surface area contributed by atoms with Gasteiger partial charge in [-0.05, 0) is 36.8 Å². The van der Waals surface area contributed by atoms with E-state index in [0.717, 1.165) is 11.4 Å². The number of hydrogen-bond acceptors (Lipinski definition) is 3. The van der Waals surface area contributed by atoms with Gasteiger partial charge in [0.25, 0.3) is 0 Å². The summed E-state index contributed by atoms with van der Waals surface area (Å²) in [6.07, 6.45) is 0. The first-order chi connectivity index (χ1) is 8.69. The summed E-state index contributed by atoms with van der Waals surface area (Å²) in [5.41, 5.74) is 1.69. The van der Waals surface area contributed by atoms with Crippen molar-refractivity contribution in [1.29, 1.82) is 5.26 Å². The number of aromatic nitrogens is 1. The fraction of sp³-hybridized carbons (Fsp3) is 0.143. The third-order valence-electron chi connectivity index (χ3n) is 2.60. The van der Waals surface area contributed by atoms with E-state index in [9.17, 15) is 0 Å². The molecule has 1 unspecified atom stereocenters. The smallest absolute Gasteiger partial charge is 0.131 e. The zero-order valence-electron chi connectivity index (χ0n) is 9.89. The molecule has 1 heterocycles. The van der Waals surface area contributed by atoms with Crippen LogP contribution in [0.5, 0.6) is 0 Å². The highest BCUT2D eigenvalue weighted by atomic mass is 35.5. The maximum atomic E-state index is 8.87. The van der Waals surface area contributed by atoms with Crippen LogP contribution in [0.25, 0.3) is 0 Å². The molecule has 0 aliphatic rings. The van der Waals surface area contributed by atoms with Crippen LogP contribution in [0.2, 0.25) is 5.15 Å². The molecule has 3 nitrogen and oxygen atoms in total. The molecule has 4 heteroatoms. The summed E-state index contributed by atoms with van der Waals surface area (Å²) >= 11 is 5.83. The molecule has 90 valence electrons. The number of hydrogen-bond donors (Lipinski definition) is 1. The molecule has 2 rings (SSSR count). The van der Waals surface area contributed by atoms with E-state index in [2.05, 4.69) is 16.4 Å². The van der Waals surface area contributed by atoms with Crippen LogP contribution in [-0.4, -0.2) is 4.98 Å². The molecule has 0 bridgehead atoms. The molecule has 0 aliphatic carbocycles. The molecular weight excluding hydrogens is 246 g/mol. The normalized spacial score (nSPS) is 11.6. The third-order valence-corrected chi connectivity index (χ3v) is 2.81. The quantitative estimate of drug-likeness (QED) is 0.852. The van der Waals surface area contributed by atoms with Gasteiger partial charge in [-0.1, -0.05) is 29.8 Å². The van der Waals surface area contributed by atoms with Gasteiger partial charge in [0.05, 0.1) is 11.6 Å². The van der Waals surface area contributed by atoms with Crippen molar-refractivity contribution in [2.45, 2.75) is 13.0 Å². The average Bonchev–Trinajstić information content (AvgIpc) is 2.39. The second kappa shape index (κ2) is 5.52. The van der Waals surface area contributed by atoms with E-state index in [0.29, 0.717) is 10.7 Å². The van der Waals surface area contributed by atoms with Gasteiger partial charge in [0.15, 0.2) is 0 Å². The van der Waals surface area contributed by atoms with Crippen LogP contribution >= 0.6 is 11.6 Å².